The number of likely N-dealkylation sites (tertiary alicyclic amines) is 1. The molecule has 8 rings (SSSR count). The summed E-state index contributed by atoms with van der Waals surface area (Å²) < 4.78 is 2.35. The molecule has 1 unspecified atom stereocenters. The van der Waals surface area contributed by atoms with Crippen molar-refractivity contribution in [1.82, 2.24) is 29.4 Å². The van der Waals surface area contributed by atoms with Crippen LogP contribution in [0.5, 0.6) is 0 Å². The van der Waals surface area contributed by atoms with Gasteiger partial charge in [-0.2, -0.15) is 0 Å². The molecule has 0 spiro atoms. The number of benzene rings is 1. The zero-order valence-corrected chi connectivity index (χ0v) is 28.2. The summed E-state index contributed by atoms with van der Waals surface area (Å²) in [4.78, 5) is 36.4. The number of nitrogens with zero attached hydrogens (tertiary/aromatic N) is 7. The van der Waals surface area contributed by atoms with Gasteiger partial charge in [-0.3, -0.25) is 9.97 Å². The van der Waals surface area contributed by atoms with Gasteiger partial charge in [-0.25, -0.2) is 14.8 Å². The van der Waals surface area contributed by atoms with Gasteiger partial charge in [0.25, 0.3) is 0 Å². The molecule has 1 aliphatic carbocycles. The van der Waals surface area contributed by atoms with Crippen LogP contribution in [0, 0.1) is 12.8 Å². The van der Waals surface area contributed by atoms with Crippen LogP contribution in [0.25, 0.3) is 44.6 Å². The lowest BCUT2D eigenvalue weighted by Gasteiger charge is -2.34. The van der Waals surface area contributed by atoms with Crippen molar-refractivity contribution >= 4 is 33.6 Å². The molecular formula is C39H45N7O2. The van der Waals surface area contributed by atoms with Crippen molar-refractivity contribution < 1.29 is 9.90 Å². The van der Waals surface area contributed by atoms with Crippen molar-refractivity contribution in [1.29, 1.82) is 0 Å². The Bertz CT molecular complexity index is 2000. The number of aromatic nitrogens is 5. The SMILES string of the molecule is CCN1CCCC(CCN2CCn3c(c(C4CCCCC4)c4ccc(C(=O)O)nc43)-c3ccc4nc(-c5nccnc5C)ccc4c32)C1. The van der Waals surface area contributed by atoms with Crippen LogP contribution in [0.2, 0.25) is 0 Å². The molecule has 4 aromatic heterocycles. The number of aromatic carboxylic acids is 1. The summed E-state index contributed by atoms with van der Waals surface area (Å²) in [6.07, 6.45) is 13.2. The van der Waals surface area contributed by atoms with Crippen LogP contribution in [0.15, 0.2) is 48.8 Å². The molecule has 2 aliphatic heterocycles. The Morgan fingerprint density at radius 3 is 2.54 bits per heavy atom. The van der Waals surface area contributed by atoms with E-state index in [0.717, 1.165) is 84.5 Å². The lowest BCUT2D eigenvalue weighted by atomic mass is 9.81. The Hall–Kier alpha value is -4.37. The molecule has 1 saturated heterocycles. The third-order valence-electron chi connectivity index (χ3n) is 11.2. The predicted molar refractivity (Wildman–Crippen MR) is 191 cm³/mol. The van der Waals surface area contributed by atoms with E-state index >= 15 is 0 Å². The number of pyridine rings is 2. The summed E-state index contributed by atoms with van der Waals surface area (Å²) in [6, 6.07) is 12.5. The van der Waals surface area contributed by atoms with Crippen molar-refractivity contribution in [2.24, 2.45) is 5.92 Å². The number of carboxylic acids is 1. The maximum absolute atomic E-state index is 12.1. The van der Waals surface area contributed by atoms with Crippen molar-refractivity contribution in [3.8, 4) is 22.6 Å². The van der Waals surface area contributed by atoms with Gasteiger partial charge < -0.3 is 19.5 Å². The first kappa shape index (κ1) is 30.9. The minimum atomic E-state index is -0.984. The van der Waals surface area contributed by atoms with Crippen molar-refractivity contribution in [3.63, 3.8) is 0 Å². The van der Waals surface area contributed by atoms with Gasteiger partial charge in [-0.15, -0.1) is 0 Å². The molecule has 0 radical (unpaired) electrons. The molecule has 5 aromatic rings. The predicted octanol–water partition coefficient (Wildman–Crippen LogP) is 7.70. The third kappa shape index (κ3) is 5.51. The quantitative estimate of drug-likeness (QED) is 0.193. The van der Waals surface area contributed by atoms with Crippen LogP contribution in [-0.2, 0) is 6.54 Å². The van der Waals surface area contributed by atoms with Gasteiger partial charge in [0, 0.05) is 54.9 Å². The van der Waals surface area contributed by atoms with E-state index in [4.69, 9.17) is 9.97 Å². The van der Waals surface area contributed by atoms with E-state index in [2.05, 4.69) is 55.5 Å². The summed E-state index contributed by atoms with van der Waals surface area (Å²) in [5.41, 5.74) is 9.37. The van der Waals surface area contributed by atoms with Crippen LogP contribution in [0.3, 0.4) is 0 Å². The van der Waals surface area contributed by atoms with Crippen molar-refractivity contribution in [2.45, 2.75) is 77.7 Å². The summed E-state index contributed by atoms with van der Waals surface area (Å²) >= 11 is 0. The number of aryl methyl sites for hydroxylation is 1. The molecule has 9 nitrogen and oxygen atoms in total. The van der Waals surface area contributed by atoms with Crippen LogP contribution in [-0.4, -0.2) is 73.2 Å². The second-order valence-electron chi connectivity index (χ2n) is 14.0. The first-order valence-electron chi connectivity index (χ1n) is 18.0. The molecule has 0 bridgehead atoms. The largest absolute Gasteiger partial charge is 0.477 e. The number of carbonyl (C=O) groups is 1. The van der Waals surface area contributed by atoms with Gasteiger partial charge in [0.05, 0.1) is 28.3 Å². The normalized spacial score (nSPS) is 19.0. The van der Waals surface area contributed by atoms with E-state index in [0.29, 0.717) is 11.8 Å². The number of hydrogen-bond acceptors (Lipinski definition) is 7. The Morgan fingerprint density at radius 2 is 1.73 bits per heavy atom. The minimum Gasteiger partial charge on any atom is -0.477 e. The Kier molecular flexibility index (Phi) is 8.32. The summed E-state index contributed by atoms with van der Waals surface area (Å²) in [5.74, 6) is 0.122. The van der Waals surface area contributed by atoms with Crippen LogP contribution < -0.4 is 4.90 Å². The highest BCUT2D eigenvalue weighted by molar-refractivity contribution is 6.04. The van der Waals surface area contributed by atoms with E-state index in [1.54, 1.807) is 18.5 Å². The smallest absolute Gasteiger partial charge is 0.354 e. The fourth-order valence-corrected chi connectivity index (χ4v) is 8.75. The lowest BCUT2D eigenvalue weighted by molar-refractivity contribution is 0.0691. The van der Waals surface area contributed by atoms with Crippen molar-refractivity contribution in [2.75, 3.05) is 37.6 Å². The summed E-state index contributed by atoms with van der Waals surface area (Å²) in [5, 5.41) is 12.2. The lowest BCUT2D eigenvalue weighted by Crippen LogP contribution is -2.37. The number of hydrogen-bond donors (Lipinski definition) is 1. The highest BCUT2D eigenvalue weighted by Crippen LogP contribution is 2.49. The van der Waals surface area contributed by atoms with E-state index in [9.17, 15) is 9.90 Å². The first-order valence-corrected chi connectivity index (χ1v) is 18.0. The van der Waals surface area contributed by atoms with Gasteiger partial charge in [-0.05, 0) is 106 Å². The zero-order chi connectivity index (χ0) is 32.8. The van der Waals surface area contributed by atoms with Gasteiger partial charge in [-0.1, -0.05) is 26.2 Å². The topological polar surface area (TPSA) is 100 Å². The number of rotatable bonds is 7. The van der Waals surface area contributed by atoms with Crippen LogP contribution in [0.4, 0.5) is 5.69 Å². The van der Waals surface area contributed by atoms with Gasteiger partial charge in [0.2, 0.25) is 0 Å². The van der Waals surface area contributed by atoms with Crippen LogP contribution in [0.1, 0.15) is 86.0 Å². The molecule has 1 saturated carbocycles. The first-order chi connectivity index (χ1) is 23.5. The minimum absolute atomic E-state index is 0.103. The van der Waals surface area contributed by atoms with E-state index < -0.39 is 5.97 Å². The molecule has 248 valence electrons. The molecule has 9 heteroatoms. The molecule has 3 aliphatic rings. The van der Waals surface area contributed by atoms with Crippen LogP contribution >= 0.6 is 0 Å². The summed E-state index contributed by atoms with van der Waals surface area (Å²) in [6.45, 7) is 10.3. The molecule has 0 amide bonds. The molecule has 6 heterocycles. The third-order valence-corrected chi connectivity index (χ3v) is 11.2. The fraction of sp³-hybridized carbons (Fsp3) is 0.462. The van der Waals surface area contributed by atoms with Gasteiger partial charge >= 0.3 is 5.97 Å². The molecule has 1 aromatic carbocycles. The highest BCUT2D eigenvalue weighted by atomic mass is 16.4. The summed E-state index contributed by atoms with van der Waals surface area (Å²) in [7, 11) is 0. The van der Waals surface area contributed by atoms with E-state index in [-0.39, 0.29) is 5.69 Å². The Morgan fingerprint density at radius 1 is 0.896 bits per heavy atom. The van der Waals surface area contributed by atoms with E-state index in [1.807, 2.05) is 13.0 Å². The molecule has 2 fully saturated rings. The highest BCUT2D eigenvalue weighted by Gasteiger charge is 2.33. The van der Waals surface area contributed by atoms with Gasteiger partial charge in [0.1, 0.15) is 11.3 Å². The molecule has 1 atom stereocenters. The standard InChI is InChI=1S/C39H45N7O2/c1-3-44-20-7-8-26(24-44)17-21-45-22-23-46-37(34(27-9-5-4-6-10-27)29-12-16-33(39(47)48)43-38(29)46)30-13-14-31-28(36(30)45)11-15-32(42-31)35-25(2)40-18-19-41-35/h11-16,18-19,26-27H,3-10,17,20-24H2,1-2H3,(H,47,48). The Balaban J connectivity index is 1.31. The Labute approximate surface area is 282 Å². The van der Waals surface area contributed by atoms with Gasteiger partial charge in [0.15, 0.2) is 5.69 Å². The zero-order valence-electron chi connectivity index (χ0n) is 28.2. The maximum Gasteiger partial charge on any atom is 0.354 e. The number of anilines is 1. The van der Waals surface area contributed by atoms with Crippen molar-refractivity contribution in [3.05, 3.63) is 65.7 Å². The monoisotopic (exact) mass is 643 g/mol. The number of carboxylic acid groups (broad SMARTS) is 1. The second kappa shape index (κ2) is 12.9. The average molecular weight is 644 g/mol. The number of piperidine rings is 1. The van der Waals surface area contributed by atoms with E-state index in [1.165, 1.54) is 67.7 Å². The number of fused-ring (bicyclic) bond motifs is 7. The maximum atomic E-state index is 12.1. The fourth-order valence-electron chi connectivity index (χ4n) is 8.75. The second-order valence-corrected chi connectivity index (χ2v) is 14.0. The molecular weight excluding hydrogens is 598 g/mol. The average Bonchev–Trinajstić information content (AvgIpc) is 3.35. The molecule has 48 heavy (non-hydrogen) atoms. The molecule has 1 N–H and O–H groups in total.